The molecule has 0 saturated carbocycles. The quantitative estimate of drug-likeness (QED) is 0.263. The summed E-state index contributed by atoms with van der Waals surface area (Å²) in [5, 5.41) is 11.0. The zero-order valence-electron chi connectivity index (χ0n) is 18.6. The number of nitrogens with zero attached hydrogens (tertiary/aromatic N) is 1. The number of ketones is 1. The van der Waals surface area contributed by atoms with Gasteiger partial charge < -0.3 is 9.84 Å². The second kappa shape index (κ2) is 9.31. The number of esters is 1. The van der Waals surface area contributed by atoms with Crippen molar-refractivity contribution in [3.8, 4) is 0 Å². The zero-order chi connectivity index (χ0) is 24.4. The van der Waals surface area contributed by atoms with Gasteiger partial charge in [0.2, 0.25) is 0 Å². The molecule has 1 aliphatic rings. The fourth-order valence-corrected chi connectivity index (χ4v) is 4.03. The minimum atomic E-state index is -0.892. The molecule has 0 radical (unpaired) electrons. The lowest BCUT2D eigenvalue weighted by atomic mass is 9.94. The number of ether oxygens (including phenoxy) is 1. The molecule has 4 rings (SSSR count). The van der Waals surface area contributed by atoms with Crippen LogP contribution in [0.25, 0.3) is 5.76 Å². The van der Waals surface area contributed by atoms with Crippen molar-refractivity contribution in [1.82, 2.24) is 0 Å². The summed E-state index contributed by atoms with van der Waals surface area (Å²) in [7, 11) is 1.30. The number of anilines is 1. The van der Waals surface area contributed by atoms with E-state index >= 15 is 0 Å². The van der Waals surface area contributed by atoms with Crippen LogP contribution in [-0.4, -0.2) is 29.9 Å². The molecule has 3 aromatic rings. The van der Waals surface area contributed by atoms with Gasteiger partial charge in [-0.3, -0.25) is 19.3 Å². The molecular weight excluding hydrogens is 437 g/mol. The molecule has 1 saturated heterocycles. The second-order valence-corrected chi connectivity index (χ2v) is 8.01. The lowest BCUT2D eigenvalue weighted by Crippen LogP contribution is -2.29. The average Bonchev–Trinajstić information content (AvgIpc) is 3.10. The van der Waals surface area contributed by atoms with Crippen LogP contribution in [0.5, 0.6) is 0 Å². The van der Waals surface area contributed by atoms with Crippen LogP contribution in [0.3, 0.4) is 0 Å². The third-order valence-electron chi connectivity index (χ3n) is 5.71. The maximum atomic E-state index is 13.4. The molecule has 1 unspecified atom stereocenters. The number of aliphatic hydroxyl groups excluding tert-OH is 1. The second-order valence-electron chi connectivity index (χ2n) is 8.01. The molecule has 6 nitrogen and oxygen atoms in total. The molecule has 0 aliphatic carbocycles. The Balaban J connectivity index is 1.85. The first-order chi connectivity index (χ1) is 16.3. The largest absolute Gasteiger partial charge is 0.507 e. The fourth-order valence-electron chi connectivity index (χ4n) is 4.03. The van der Waals surface area contributed by atoms with Crippen molar-refractivity contribution >= 4 is 29.1 Å². The van der Waals surface area contributed by atoms with Crippen molar-refractivity contribution < 1.29 is 28.6 Å². The Kier molecular flexibility index (Phi) is 6.27. The highest BCUT2D eigenvalue weighted by atomic mass is 19.1. The summed E-state index contributed by atoms with van der Waals surface area (Å²) >= 11 is 0. The molecule has 7 heteroatoms. The summed E-state index contributed by atoms with van der Waals surface area (Å²) in [6.07, 6.45) is 0.0709. The fraction of sp³-hybridized carbons (Fsp3) is 0.148. The third kappa shape index (κ3) is 4.32. The lowest BCUT2D eigenvalue weighted by molar-refractivity contribution is -0.139. The molecule has 1 atom stereocenters. The molecule has 172 valence electrons. The number of rotatable bonds is 5. The molecule has 1 amide bonds. The van der Waals surface area contributed by atoms with E-state index in [-0.39, 0.29) is 23.3 Å². The maximum Gasteiger partial charge on any atom is 0.309 e. The van der Waals surface area contributed by atoms with Gasteiger partial charge in [-0.15, -0.1) is 0 Å². The van der Waals surface area contributed by atoms with Crippen LogP contribution in [0.4, 0.5) is 10.1 Å². The van der Waals surface area contributed by atoms with Crippen molar-refractivity contribution in [2.24, 2.45) is 0 Å². The number of carbonyl (C=O) groups excluding carboxylic acids is 3. The van der Waals surface area contributed by atoms with E-state index in [1.165, 1.54) is 36.3 Å². The standard InChI is InChI=1S/C27H22FNO5/c1-16-4-3-5-19(14-16)24-23(25(31)18-8-10-20(28)11-9-18)26(32)27(33)29(24)21-12-6-17(7-13-21)15-22(30)34-2/h3-14,24,31H,15H2,1-2H3/b25-23-. The van der Waals surface area contributed by atoms with Gasteiger partial charge >= 0.3 is 5.97 Å². The summed E-state index contributed by atoms with van der Waals surface area (Å²) in [6.45, 7) is 1.89. The van der Waals surface area contributed by atoms with Gasteiger partial charge in [0.05, 0.1) is 25.1 Å². The van der Waals surface area contributed by atoms with E-state index in [4.69, 9.17) is 0 Å². The Morgan fingerprint density at radius 1 is 1.03 bits per heavy atom. The first-order valence-electron chi connectivity index (χ1n) is 10.6. The van der Waals surface area contributed by atoms with Crippen LogP contribution < -0.4 is 4.90 Å². The Bertz CT molecular complexity index is 1300. The number of halogens is 1. The molecule has 0 aromatic heterocycles. The first kappa shape index (κ1) is 22.9. The average molecular weight is 459 g/mol. The number of Topliss-reactive ketones (excluding diaryl/α,β-unsaturated/α-hetero) is 1. The summed E-state index contributed by atoms with van der Waals surface area (Å²) in [6, 6.07) is 18.1. The Hall–Kier alpha value is -4.26. The van der Waals surface area contributed by atoms with Crippen LogP contribution in [0.2, 0.25) is 0 Å². The first-order valence-corrected chi connectivity index (χ1v) is 10.6. The summed E-state index contributed by atoms with van der Waals surface area (Å²) in [5.74, 6) is -2.90. The topological polar surface area (TPSA) is 83.9 Å². The molecule has 1 aliphatic heterocycles. The van der Waals surface area contributed by atoms with E-state index in [1.807, 2.05) is 25.1 Å². The summed E-state index contributed by atoms with van der Waals surface area (Å²) in [4.78, 5) is 39.2. The highest BCUT2D eigenvalue weighted by Crippen LogP contribution is 2.42. The highest BCUT2D eigenvalue weighted by Gasteiger charge is 2.47. The third-order valence-corrected chi connectivity index (χ3v) is 5.71. The molecule has 1 fully saturated rings. The van der Waals surface area contributed by atoms with Gasteiger partial charge in [-0.05, 0) is 54.4 Å². The Morgan fingerprint density at radius 3 is 2.32 bits per heavy atom. The van der Waals surface area contributed by atoms with Crippen LogP contribution in [0.15, 0.2) is 78.4 Å². The molecule has 0 spiro atoms. The van der Waals surface area contributed by atoms with Gasteiger partial charge in [-0.1, -0.05) is 42.0 Å². The van der Waals surface area contributed by atoms with E-state index in [2.05, 4.69) is 4.74 Å². The van der Waals surface area contributed by atoms with E-state index in [9.17, 15) is 23.9 Å². The van der Waals surface area contributed by atoms with Crippen molar-refractivity contribution in [3.63, 3.8) is 0 Å². The zero-order valence-corrected chi connectivity index (χ0v) is 18.6. The predicted molar refractivity (Wildman–Crippen MR) is 125 cm³/mol. The van der Waals surface area contributed by atoms with E-state index < -0.39 is 29.5 Å². The van der Waals surface area contributed by atoms with Crippen molar-refractivity contribution in [3.05, 3.63) is 106 Å². The smallest absolute Gasteiger partial charge is 0.309 e. The summed E-state index contributed by atoms with van der Waals surface area (Å²) < 4.78 is 18.1. The van der Waals surface area contributed by atoms with Gasteiger partial charge in [0.25, 0.3) is 11.7 Å². The van der Waals surface area contributed by atoms with Crippen LogP contribution in [0.1, 0.15) is 28.3 Å². The van der Waals surface area contributed by atoms with E-state index in [0.29, 0.717) is 16.8 Å². The maximum absolute atomic E-state index is 13.4. The monoisotopic (exact) mass is 459 g/mol. The van der Waals surface area contributed by atoms with Gasteiger partial charge in [-0.25, -0.2) is 4.39 Å². The van der Waals surface area contributed by atoms with E-state index in [1.54, 1.807) is 30.3 Å². The number of aliphatic hydroxyl groups is 1. The molecule has 34 heavy (non-hydrogen) atoms. The molecule has 1 N–H and O–H groups in total. The lowest BCUT2D eigenvalue weighted by Gasteiger charge is -2.26. The number of benzene rings is 3. The minimum Gasteiger partial charge on any atom is -0.507 e. The summed E-state index contributed by atoms with van der Waals surface area (Å²) in [5.41, 5.74) is 2.82. The Morgan fingerprint density at radius 2 is 1.71 bits per heavy atom. The Labute approximate surface area is 195 Å². The normalized spacial score (nSPS) is 17.1. The number of aryl methyl sites for hydroxylation is 1. The van der Waals surface area contributed by atoms with Gasteiger partial charge in [0.15, 0.2) is 0 Å². The van der Waals surface area contributed by atoms with Crippen molar-refractivity contribution in [1.29, 1.82) is 0 Å². The van der Waals surface area contributed by atoms with Crippen molar-refractivity contribution in [2.75, 3.05) is 12.0 Å². The number of carbonyl (C=O) groups is 3. The van der Waals surface area contributed by atoms with Crippen LogP contribution in [-0.2, 0) is 25.5 Å². The minimum absolute atomic E-state index is 0.0709. The SMILES string of the molecule is COC(=O)Cc1ccc(N2C(=O)C(=O)/C(=C(\O)c3ccc(F)cc3)C2c2cccc(C)c2)cc1. The van der Waals surface area contributed by atoms with Crippen LogP contribution >= 0.6 is 0 Å². The van der Waals surface area contributed by atoms with E-state index in [0.717, 1.165) is 5.56 Å². The van der Waals surface area contributed by atoms with Gasteiger partial charge in [-0.2, -0.15) is 0 Å². The number of hydrogen-bond acceptors (Lipinski definition) is 5. The predicted octanol–water partition coefficient (Wildman–Crippen LogP) is 4.48. The van der Waals surface area contributed by atoms with Crippen molar-refractivity contribution in [2.45, 2.75) is 19.4 Å². The molecular formula is C27H22FNO5. The highest BCUT2D eigenvalue weighted by molar-refractivity contribution is 6.51. The molecule has 0 bridgehead atoms. The van der Waals surface area contributed by atoms with Crippen LogP contribution in [0, 0.1) is 12.7 Å². The van der Waals surface area contributed by atoms with Gasteiger partial charge in [0.1, 0.15) is 11.6 Å². The number of methoxy groups -OCH3 is 1. The molecule has 1 heterocycles. The number of amides is 1. The molecule has 3 aromatic carbocycles. The van der Waals surface area contributed by atoms with Gasteiger partial charge in [0, 0.05) is 11.3 Å². The number of hydrogen-bond donors (Lipinski definition) is 1.